The molecular formula is C12H10F3N. The van der Waals surface area contributed by atoms with Crippen LogP contribution in [0.3, 0.4) is 0 Å². The van der Waals surface area contributed by atoms with Crippen LogP contribution in [0.2, 0.25) is 0 Å². The van der Waals surface area contributed by atoms with E-state index in [0.717, 1.165) is 12.1 Å². The first-order valence-electron chi connectivity index (χ1n) is 4.99. The second kappa shape index (κ2) is 3.24. The van der Waals surface area contributed by atoms with Crippen molar-refractivity contribution >= 4 is 0 Å². The molecule has 1 aromatic rings. The van der Waals surface area contributed by atoms with E-state index in [2.05, 4.69) is 6.07 Å². The maximum Gasteiger partial charge on any atom is 0.416 e. The molecule has 0 N–H and O–H groups in total. The summed E-state index contributed by atoms with van der Waals surface area (Å²) in [6, 6.07) is 7.21. The Labute approximate surface area is 91.5 Å². The SMILES string of the molecule is CC1CC1(C#N)c1cccc(C(F)(F)F)c1. The summed E-state index contributed by atoms with van der Waals surface area (Å²) in [5.41, 5.74) is -0.891. The maximum atomic E-state index is 12.5. The third kappa shape index (κ3) is 1.57. The van der Waals surface area contributed by atoms with E-state index in [1.807, 2.05) is 6.92 Å². The van der Waals surface area contributed by atoms with Crippen molar-refractivity contribution in [3.8, 4) is 6.07 Å². The van der Waals surface area contributed by atoms with Crippen LogP contribution in [0.15, 0.2) is 24.3 Å². The highest BCUT2D eigenvalue weighted by Gasteiger charge is 2.53. The lowest BCUT2D eigenvalue weighted by Gasteiger charge is -2.11. The van der Waals surface area contributed by atoms with Gasteiger partial charge in [-0.1, -0.05) is 25.1 Å². The minimum absolute atomic E-state index is 0.140. The average molecular weight is 225 g/mol. The van der Waals surface area contributed by atoms with E-state index in [1.165, 1.54) is 6.07 Å². The Balaban J connectivity index is 2.42. The van der Waals surface area contributed by atoms with Gasteiger partial charge in [-0.2, -0.15) is 18.4 Å². The number of benzene rings is 1. The number of hydrogen-bond acceptors (Lipinski definition) is 1. The Morgan fingerprint density at radius 2 is 2.06 bits per heavy atom. The van der Waals surface area contributed by atoms with Gasteiger partial charge in [0.2, 0.25) is 0 Å². The first-order chi connectivity index (χ1) is 7.40. The molecule has 0 aromatic heterocycles. The van der Waals surface area contributed by atoms with Crippen molar-refractivity contribution in [3.05, 3.63) is 35.4 Å². The van der Waals surface area contributed by atoms with Gasteiger partial charge in [0, 0.05) is 0 Å². The highest BCUT2D eigenvalue weighted by Crippen LogP contribution is 2.53. The molecule has 0 aliphatic heterocycles. The lowest BCUT2D eigenvalue weighted by atomic mass is 9.93. The third-order valence-corrected chi connectivity index (χ3v) is 3.21. The Hall–Kier alpha value is -1.50. The molecule has 0 amide bonds. The van der Waals surface area contributed by atoms with Gasteiger partial charge in [-0.15, -0.1) is 0 Å². The quantitative estimate of drug-likeness (QED) is 0.717. The van der Waals surface area contributed by atoms with Crippen molar-refractivity contribution in [1.82, 2.24) is 0 Å². The lowest BCUT2D eigenvalue weighted by molar-refractivity contribution is -0.137. The van der Waals surface area contributed by atoms with Gasteiger partial charge in [-0.05, 0) is 24.0 Å². The minimum Gasteiger partial charge on any atom is -0.197 e. The second-order valence-electron chi connectivity index (χ2n) is 4.27. The van der Waals surface area contributed by atoms with Crippen LogP contribution in [0.1, 0.15) is 24.5 Å². The molecule has 0 bridgehead atoms. The summed E-state index contributed by atoms with van der Waals surface area (Å²) in [5, 5.41) is 9.04. The molecule has 0 spiro atoms. The van der Waals surface area contributed by atoms with Gasteiger partial charge >= 0.3 is 6.18 Å². The molecule has 16 heavy (non-hydrogen) atoms. The van der Waals surface area contributed by atoms with Gasteiger partial charge in [0.1, 0.15) is 0 Å². The topological polar surface area (TPSA) is 23.8 Å². The fraction of sp³-hybridized carbons (Fsp3) is 0.417. The predicted octanol–water partition coefficient (Wildman–Crippen LogP) is 3.51. The van der Waals surface area contributed by atoms with Crippen molar-refractivity contribution in [2.45, 2.75) is 24.9 Å². The van der Waals surface area contributed by atoms with E-state index in [0.29, 0.717) is 12.0 Å². The second-order valence-corrected chi connectivity index (χ2v) is 4.27. The van der Waals surface area contributed by atoms with Crippen molar-refractivity contribution < 1.29 is 13.2 Å². The molecule has 0 heterocycles. The van der Waals surface area contributed by atoms with Crippen molar-refractivity contribution in [1.29, 1.82) is 5.26 Å². The van der Waals surface area contributed by atoms with Crippen LogP contribution in [-0.2, 0) is 11.6 Å². The molecule has 0 saturated heterocycles. The zero-order valence-corrected chi connectivity index (χ0v) is 8.67. The molecular weight excluding hydrogens is 215 g/mol. The predicted molar refractivity (Wildman–Crippen MR) is 52.5 cm³/mol. The monoisotopic (exact) mass is 225 g/mol. The van der Waals surface area contributed by atoms with E-state index in [1.54, 1.807) is 6.07 Å². The molecule has 2 atom stereocenters. The molecule has 4 heteroatoms. The zero-order chi connectivity index (χ0) is 12.0. The Morgan fingerprint density at radius 1 is 1.44 bits per heavy atom. The smallest absolute Gasteiger partial charge is 0.197 e. The highest BCUT2D eigenvalue weighted by atomic mass is 19.4. The van der Waals surface area contributed by atoms with Crippen LogP contribution in [0.25, 0.3) is 0 Å². The number of halogens is 3. The lowest BCUT2D eigenvalue weighted by Crippen LogP contribution is -2.10. The molecule has 1 aliphatic rings. The summed E-state index contributed by atoms with van der Waals surface area (Å²) in [4.78, 5) is 0. The summed E-state index contributed by atoms with van der Waals surface area (Å²) in [6.07, 6.45) is -3.70. The molecule has 1 aromatic carbocycles. The van der Waals surface area contributed by atoms with Crippen LogP contribution in [0.5, 0.6) is 0 Å². The fourth-order valence-corrected chi connectivity index (χ4v) is 2.02. The molecule has 2 rings (SSSR count). The van der Waals surface area contributed by atoms with Gasteiger partial charge in [-0.25, -0.2) is 0 Å². The number of rotatable bonds is 1. The normalized spacial score (nSPS) is 28.6. The standard InChI is InChI=1S/C12H10F3N/c1-8-6-11(8,7-16)9-3-2-4-10(5-9)12(13,14)15/h2-5,8H,6H2,1H3. The summed E-state index contributed by atoms with van der Waals surface area (Å²) in [5.74, 6) is 0.140. The summed E-state index contributed by atoms with van der Waals surface area (Å²) >= 11 is 0. The van der Waals surface area contributed by atoms with E-state index in [4.69, 9.17) is 5.26 Å². The fourth-order valence-electron chi connectivity index (χ4n) is 2.02. The van der Waals surface area contributed by atoms with Crippen LogP contribution >= 0.6 is 0 Å². The Bertz CT molecular complexity index is 458. The number of nitrogens with zero attached hydrogens (tertiary/aromatic N) is 1. The number of nitriles is 1. The molecule has 1 aliphatic carbocycles. The highest BCUT2D eigenvalue weighted by molar-refractivity contribution is 5.43. The Kier molecular flexibility index (Phi) is 2.23. The zero-order valence-electron chi connectivity index (χ0n) is 8.67. The number of alkyl halides is 3. The molecule has 1 fully saturated rings. The van der Waals surface area contributed by atoms with E-state index in [9.17, 15) is 13.2 Å². The van der Waals surface area contributed by atoms with Crippen LogP contribution < -0.4 is 0 Å². The summed E-state index contributed by atoms with van der Waals surface area (Å²) in [6.45, 7) is 1.88. The van der Waals surface area contributed by atoms with Gasteiger partial charge in [0.25, 0.3) is 0 Å². The van der Waals surface area contributed by atoms with Crippen molar-refractivity contribution in [3.63, 3.8) is 0 Å². The first-order valence-corrected chi connectivity index (χ1v) is 4.99. The number of hydrogen-bond donors (Lipinski definition) is 0. The van der Waals surface area contributed by atoms with E-state index < -0.39 is 17.2 Å². The third-order valence-electron chi connectivity index (χ3n) is 3.21. The van der Waals surface area contributed by atoms with Crippen LogP contribution in [-0.4, -0.2) is 0 Å². The van der Waals surface area contributed by atoms with Gasteiger partial charge in [0.15, 0.2) is 0 Å². The summed E-state index contributed by atoms with van der Waals surface area (Å²) < 4.78 is 37.5. The largest absolute Gasteiger partial charge is 0.416 e. The van der Waals surface area contributed by atoms with E-state index >= 15 is 0 Å². The van der Waals surface area contributed by atoms with Gasteiger partial charge in [-0.3, -0.25) is 0 Å². The van der Waals surface area contributed by atoms with Crippen molar-refractivity contribution in [2.24, 2.45) is 5.92 Å². The summed E-state index contributed by atoms with van der Waals surface area (Å²) in [7, 11) is 0. The van der Waals surface area contributed by atoms with Gasteiger partial charge < -0.3 is 0 Å². The molecule has 0 radical (unpaired) electrons. The Morgan fingerprint density at radius 3 is 2.50 bits per heavy atom. The van der Waals surface area contributed by atoms with Crippen molar-refractivity contribution in [2.75, 3.05) is 0 Å². The maximum absolute atomic E-state index is 12.5. The van der Waals surface area contributed by atoms with Crippen LogP contribution in [0.4, 0.5) is 13.2 Å². The molecule has 1 nitrogen and oxygen atoms in total. The molecule has 2 unspecified atom stereocenters. The molecule has 84 valence electrons. The van der Waals surface area contributed by atoms with Crippen LogP contribution in [0, 0.1) is 17.2 Å². The average Bonchev–Trinajstić information content (AvgIpc) is 2.90. The minimum atomic E-state index is -4.34. The first kappa shape index (κ1) is 11.0. The van der Waals surface area contributed by atoms with Gasteiger partial charge in [0.05, 0.1) is 17.0 Å². The van der Waals surface area contributed by atoms with E-state index in [-0.39, 0.29) is 5.92 Å². The molecule has 1 saturated carbocycles.